The van der Waals surface area contributed by atoms with Crippen LogP contribution in [0.4, 0.5) is 5.82 Å². The lowest BCUT2D eigenvalue weighted by Gasteiger charge is -2.19. The SMILES string of the molecule is CC(C)(C)OC(=O)c1c(N)[nH]ccc1=O. The first-order valence-electron chi connectivity index (χ1n) is 4.52. The van der Waals surface area contributed by atoms with Crippen molar-refractivity contribution in [3.63, 3.8) is 0 Å². The minimum absolute atomic E-state index is 0.0248. The van der Waals surface area contributed by atoms with Crippen molar-refractivity contribution >= 4 is 11.8 Å². The summed E-state index contributed by atoms with van der Waals surface area (Å²) < 4.78 is 5.05. The van der Waals surface area contributed by atoms with Gasteiger partial charge in [-0.3, -0.25) is 4.79 Å². The number of anilines is 1. The summed E-state index contributed by atoms with van der Waals surface area (Å²) in [6, 6.07) is 1.23. The van der Waals surface area contributed by atoms with Crippen LogP contribution in [0.25, 0.3) is 0 Å². The molecule has 0 aromatic carbocycles. The summed E-state index contributed by atoms with van der Waals surface area (Å²) >= 11 is 0. The topological polar surface area (TPSA) is 85.2 Å². The number of aromatic nitrogens is 1. The molecule has 0 radical (unpaired) electrons. The Morgan fingerprint density at radius 1 is 1.47 bits per heavy atom. The zero-order valence-corrected chi connectivity index (χ0v) is 8.96. The molecule has 82 valence electrons. The van der Waals surface area contributed by atoms with Gasteiger partial charge in [0.15, 0.2) is 5.43 Å². The van der Waals surface area contributed by atoms with Gasteiger partial charge in [0.25, 0.3) is 0 Å². The molecule has 1 rings (SSSR count). The Morgan fingerprint density at radius 3 is 2.53 bits per heavy atom. The Morgan fingerprint density at radius 2 is 2.07 bits per heavy atom. The van der Waals surface area contributed by atoms with Crippen LogP contribution >= 0.6 is 0 Å². The average molecular weight is 210 g/mol. The summed E-state index contributed by atoms with van der Waals surface area (Å²) in [5.41, 5.74) is 4.25. The van der Waals surface area contributed by atoms with Crippen LogP contribution in [0.1, 0.15) is 31.1 Å². The standard InChI is InChI=1S/C10H14N2O3/c1-10(2,3)15-9(14)7-6(13)4-5-12-8(7)11/h4-5H,1-3H3,(H3,11,12,13). The first kappa shape index (κ1) is 11.3. The third-order valence-corrected chi connectivity index (χ3v) is 1.59. The first-order valence-corrected chi connectivity index (χ1v) is 4.52. The van der Waals surface area contributed by atoms with Crippen molar-refractivity contribution in [1.29, 1.82) is 0 Å². The molecule has 1 heterocycles. The van der Waals surface area contributed by atoms with E-state index >= 15 is 0 Å². The maximum Gasteiger partial charge on any atom is 0.346 e. The summed E-state index contributed by atoms with van der Waals surface area (Å²) in [7, 11) is 0. The van der Waals surface area contributed by atoms with E-state index in [4.69, 9.17) is 10.5 Å². The highest BCUT2D eigenvalue weighted by molar-refractivity contribution is 5.94. The zero-order chi connectivity index (χ0) is 11.6. The molecule has 0 aliphatic rings. The summed E-state index contributed by atoms with van der Waals surface area (Å²) in [6.45, 7) is 5.16. The van der Waals surface area contributed by atoms with Crippen LogP contribution in [0.3, 0.4) is 0 Å². The summed E-state index contributed by atoms with van der Waals surface area (Å²) in [4.78, 5) is 25.5. The predicted octanol–water partition coefficient (Wildman–Crippen LogP) is 0.912. The number of esters is 1. The third kappa shape index (κ3) is 2.83. The smallest absolute Gasteiger partial charge is 0.346 e. The number of nitrogens with one attached hydrogen (secondary N) is 1. The van der Waals surface area contributed by atoms with E-state index in [2.05, 4.69) is 4.98 Å². The highest BCUT2D eigenvalue weighted by atomic mass is 16.6. The molecular weight excluding hydrogens is 196 g/mol. The summed E-state index contributed by atoms with van der Waals surface area (Å²) in [6.07, 6.45) is 1.38. The van der Waals surface area contributed by atoms with E-state index in [1.54, 1.807) is 20.8 Å². The van der Waals surface area contributed by atoms with Crippen molar-refractivity contribution in [3.8, 4) is 0 Å². The number of carbonyl (C=O) groups is 1. The third-order valence-electron chi connectivity index (χ3n) is 1.59. The molecular formula is C10H14N2O3. The Kier molecular flexibility index (Phi) is 2.83. The lowest BCUT2D eigenvalue weighted by molar-refractivity contribution is 0.00691. The molecule has 3 N–H and O–H groups in total. The molecule has 0 fully saturated rings. The van der Waals surface area contributed by atoms with Gasteiger partial charge in [-0.1, -0.05) is 0 Å². The molecule has 1 aromatic rings. The number of hydrogen-bond acceptors (Lipinski definition) is 4. The van der Waals surface area contributed by atoms with Crippen LogP contribution in [0.5, 0.6) is 0 Å². The van der Waals surface area contributed by atoms with Gasteiger partial charge in [-0.15, -0.1) is 0 Å². The van der Waals surface area contributed by atoms with Gasteiger partial charge in [-0.05, 0) is 20.8 Å². The van der Waals surface area contributed by atoms with Gasteiger partial charge in [0.1, 0.15) is 17.0 Å². The Labute approximate surface area is 87.3 Å². The van der Waals surface area contributed by atoms with Crippen LogP contribution in [0.15, 0.2) is 17.1 Å². The van der Waals surface area contributed by atoms with Crippen molar-refractivity contribution in [1.82, 2.24) is 4.98 Å². The molecule has 0 saturated carbocycles. The Balaban J connectivity index is 3.07. The maximum atomic E-state index is 11.6. The van der Waals surface area contributed by atoms with Gasteiger partial charge in [0.2, 0.25) is 0 Å². The fourth-order valence-electron chi connectivity index (χ4n) is 1.04. The number of nitrogen functional groups attached to an aromatic ring is 1. The summed E-state index contributed by atoms with van der Waals surface area (Å²) in [5, 5.41) is 0. The number of nitrogens with two attached hydrogens (primary N) is 1. The van der Waals surface area contributed by atoms with Gasteiger partial charge >= 0.3 is 5.97 Å². The van der Waals surface area contributed by atoms with E-state index in [0.717, 1.165) is 0 Å². The molecule has 0 unspecified atom stereocenters. The van der Waals surface area contributed by atoms with E-state index in [-0.39, 0.29) is 11.4 Å². The quantitative estimate of drug-likeness (QED) is 0.675. The number of rotatable bonds is 1. The van der Waals surface area contributed by atoms with Crippen LogP contribution < -0.4 is 11.2 Å². The van der Waals surface area contributed by atoms with Crippen LogP contribution in [0, 0.1) is 0 Å². The first-order chi connectivity index (χ1) is 6.81. The molecule has 0 aliphatic heterocycles. The molecule has 0 saturated heterocycles. The lowest BCUT2D eigenvalue weighted by atomic mass is 10.2. The normalized spacial score (nSPS) is 11.1. The highest BCUT2D eigenvalue weighted by Crippen LogP contribution is 2.12. The fraction of sp³-hybridized carbons (Fsp3) is 0.400. The molecule has 1 aromatic heterocycles. The highest BCUT2D eigenvalue weighted by Gasteiger charge is 2.22. The Hall–Kier alpha value is -1.78. The number of aromatic amines is 1. The van der Waals surface area contributed by atoms with Crippen molar-refractivity contribution in [2.24, 2.45) is 0 Å². The number of H-pyrrole nitrogens is 1. The van der Waals surface area contributed by atoms with Gasteiger partial charge in [0.05, 0.1) is 0 Å². The minimum Gasteiger partial charge on any atom is -0.456 e. The lowest BCUT2D eigenvalue weighted by Crippen LogP contribution is -2.28. The number of carbonyl (C=O) groups excluding carboxylic acids is 1. The second-order valence-electron chi connectivity index (χ2n) is 4.13. The van der Waals surface area contributed by atoms with Gasteiger partial charge < -0.3 is 15.5 Å². The van der Waals surface area contributed by atoms with E-state index in [9.17, 15) is 9.59 Å². The summed E-state index contributed by atoms with van der Waals surface area (Å²) in [5.74, 6) is -0.682. The van der Waals surface area contributed by atoms with E-state index in [1.165, 1.54) is 12.3 Å². The van der Waals surface area contributed by atoms with Crippen molar-refractivity contribution in [2.75, 3.05) is 5.73 Å². The average Bonchev–Trinajstić information content (AvgIpc) is 1.99. The van der Waals surface area contributed by atoms with Crippen molar-refractivity contribution in [3.05, 3.63) is 28.0 Å². The number of pyridine rings is 1. The largest absolute Gasteiger partial charge is 0.456 e. The van der Waals surface area contributed by atoms with E-state index < -0.39 is 17.0 Å². The molecule has 5 heteroatoms. The predicted molar refractivity (Wildman–Crippen MR) is 56.6 cm³/mol. The van der Waals surface area contributed by atoms with Crippen molar-refractivity contribution < 1.29 is 9.53 Å². The second kappa shape index (κ2) is 3.76. The molecule has 0 bridgehead atoms. The molecule has 5 nitrogen and oxygen atoms in total. The van der Waals surface area contributed by atoms with E-state index in [1.807, 2.05) is 0 Å². The van der Waals surface area contributed by atoms with Gasteiger partial charge in [-0.25, -0.2) is 4.79 Å². The molecule has 0 amide bonds. The fourth-order valence-corrected chi connectivity index (χ4v) is 1.04. The number of ether oxygens (including phenoxy) is 1. The van der Waals surface area contributed by atoms with Crippen LogP contribution in [0.2, 0.25) is 0 Å². The zero-order valence-electron chi connectivity index (χ0n) is 8.96. The van der Waals surface area contributed by atoms with Crippen molar-refractivity contribution in [2.45, 2.75) is 26.4 Å². The van der Waals surface area contributed by atoms with E-state index in [0.29, 0.717) is 0 Å². The molecule has 0 spiro atoms. The molecule has 15 heavy (non-hydrogen) atoms. The Bertz CT molecular complexity index is 429. The molecule has 0 aliphatic carbocycles. The molecule has 0 atom stereocenters. The van der Waals surface area contributed by atoms with Crippen LogP contribution in [-0.2, 0) is 4.74 Å². The van der Waals surface area contributed by atoms with Gasteiger partial charge in [0, 0.05) is 12.3 Å². The maximum absolute atomic E-state index is 11.6. The second-order valence-corrected chi connectivity index (χ2v) is 4.13. The number of hydrogen-bond donors (Lipinski definition) is 2. The van der Waals surface area contributed by atoms with Gasteiger partial charge in [-0.2, -0.15) is 0 Å². The monoisotopic (exact) mass is 210 g/mol. The van der Waals surface area contributed by atoms with Crippen LogP contribution in [-0.4, -0.2) is 16.6 Å². The minimum atomic E-state index is -0.707.